The highest BCUT2D eigenvalue weighted by Gasteiger charge is 2.24. The molecule has 1 aliphatic rings. The van der Waals surface area contributed by atoms with Crippen LogP contribution in [-0.2, 0) is 0 Å². The van der Waals surface area contributed by atoms with Gasteiger partial charge in [0.15, 0.2) is 5.76 Å². The topological polar surface area (TPSA) is 74.5 Å². The summed E-state index contributed by atoms with van der Waals surface area (Å²) in [5.41, 5.74) is 0.866. The Labute approximate surface area is 161 Å². The normalized spacial score (nSPS) is 14.3. The monoisotopic (exact) mass is 383 g/mol. The van der Waals surface area contributed by atoms with Crippen molar-refractivity contribution in [2.24, 2.45) is 0 Å². The zero-order valence-corrected chi connectivity index (χ0v) is 15.3. The third-order valence-corrected chi connectivity index (χ3v) is 4.62. The van der Waals surface area contributed by atoms with Crippen molar-refractivity contribution in [2.45, 2.75) is 0 Å². The van der Waals surface area contributed by atoms with E-state index in [0.29, 0.717) is 42.9 Å². The van der Waals surface area contributed by atoms with E-state index in [1.54, 1.807) is 23.2 Å². The van der Waals surface area contributed by atoms with Crippen molar-refractivity contribution in [2.75, 3.05) is 36.4 Å². The molecule has 1 aliphatic heterocycles. The molecule has 3 heterocycles. The Bertz CT molecular complexity index is 906. The minimum absolute atomic E-state index is 0.0765. The summed E-state index contributed by atoms with van der Waals surface area (Å²) in [6.45, 7) is 2.63. The number of furan rings is 1. The maximum Gasteiger partial charge on any atom is 0.289 e. The minimum Gasteiger partial charge on any atom is -0.459 e. The second kappa shape index (κ2) is 7.67. The first-order chi connectivity index (χ1) is 13.2. The third kappa shape index (κ3) is 4.03. The lowest BCUT2D eigenvalue weighted by Crippen LogP contribution is -2.49. The van der Waals surface area contributed by atoms with Crippen molar-refractivity contribution in [3.63, 3.8) is 0 Å². The molecule has 27 heavy (non-hydrogen) atoms. The van der Waals surface area contributed by atoms with Gasteiger partial charge in [0.1, 0.15) is 5.82 Å². The van der Waals surface area contributed by atoms with Crippen molar-refractivity contribution in [1.29, 1.82) is 0 Å². The lowest BCUT2D eigenvalue weighted by molar-refractivity contribution is 0.0714. The number of hydrogen-bond acceptors (Lipinski definition) is 6. The summed E-state index contributed by atoms with van der Waals surface area (Å²) in [4.78, 5) is 25.1. The summed E-state index contributed by atoms with van der Waals surface area (Å²) >= 11 is 5.91. The van der Waals surface area contributed by atoms with E-state index in [4.69, 9.17) is 16.0 Å². The van der Waals surface area contributed by atoms with E-state index >= 15 is 0 Å². The maximum atomic E-state index is 12.4. The van der Waals surface area contributed by atoms with E-state index in [-0.39, 0.29) is 5.91 Å². The Kier molecular flexibility index (Phi) is 4.93. The standard InChI is InChI=1S/C19H18ClN5O2/c20-14-3-5-15(6-4-14)22-19-21-8-7-17(23-19)24-9-11-25(12-10-24)18(26)16-2-1-13-27-16/h1-8,13H,9-12H2,(H,21,22,23). The number of nitrogens with zero attached hydrogens (tertiary/aromatic N) is 4. The minimum atomic E-state index is -0.0765. The first-order valence-electron chi connectivity index (χ1n) is 8.62. The van der Waals surface area contributed by atoms with Crippen LogP contribution >= 0.6 is 11.6 Å². The molecule has 138 valence electrons. The van der Waals surface area contributed by atoms with Gasteiger partial charge in [-0.25, -0.2) is 4.98 Å². The summed E-state index contributed by atoms with van der Waals surface area (Å²) in [6.07, 6.45) is 3.24. The van der Waals surface area contributed by atoms with Gasteiger partial charge in [-0.15, -0.1) is 0 Å². The van der Waals surface area contributed by atoms with E-state index in [0.717, 1.165) is 11.5 Å². The van der Waals surface area contributed by atoms with Crippen LogP contribution in [0.4, 0.5) is 17.5 Å². The molecule has 0 saturated carbocycles. The highest BCUT2D eigenvalue weighted by Crippen LogP contribution is 2.20. The number of carbonyl (C=O) groups is 1. The lowest BCUT2D eigenvalue weighted by atomic mass is 10.3. The Balaban J connectivity index is 1.40. The average Bonchev–Trinajstić information content (AvgIpc) is 3.24. The smallest absolute Gasteiger partial charge is 0.289 e. The van der Waals surface area contributed by atoms with Crippen LogP contribution in [0.2, 0.25) is 5.02 Å². The highest BCUT2D eigenvalue weighted by atomic mass is 35.5. The summed E-state index contributed by atoms with van der Waals surface area (Å²) in [7, 11) is 0. The number of aromatic nitrogens is 2. The molecule has 7 nitrogen and oxygen atoms in total. The second-order valence-corrected chi connectivity index (χ2v) is 6.56. The summed E-state index contributed by atoms with van der Waals surface area (Å²) < 4.78 is 5.20. The molecule has 4 rings (SSSR count). The predicted molar refractivity (Wildman–Crippen MR) is 104 cm³/mol. The van der Waals surface area contributed by atoms with Crippen LogP contribution in [0.25, 0.3) is 0 Å². The Hall–Kier alpha value is -3.06. The van der Waals surface area contributed by atoms with Crippen molar-refractivity contribution in [1.82, 2.24) is 14.9 Å². The molecule has 1 aromatic carbocycles. The predicted octanol–water partition coefficient (Wildman–Crippen LogP) is 3.43. The van der Waals surface area contributed by atoms with E-state index in [2.05, 4.69) is 20.2 Å². The highest BCUT2D eigenvalue weighted by molar-refractivity contribution is 6.30. The SMILES string of the molecule is O=C(c1ccco1)N1CCN(c2ccnc(Nc3ccc(Cl)cc3)n2)CC1. The largest absolute Gasteiger partial charge is 0.459 e. The van der Waals surface area contributed by atoms with Gasteiger partial charge in [-0.2, -0.15) is 4.98 Å². The molecule has 0 radical (unpaired) electrons. The molecular weight excluding hydrogens is 366 g/mol. The van der Waals surface area contributed by atoms with Gasteiger partial charge in [-0.3, -0.25) is 4.79 Å². The molecule has 1 N–H and O–H groups in total. The maximum absolute atomic E-state index is 12.4. The number of rotatable bonds is 4. The van der Waals surface area contributed by atoms with E-state index in [9.17, 15) is 4.79 Å². The molecule has 0 aliphatic carbocycles. The molecular formula is C19H18ClN5O2. The molecule has 8 heteroatoms. The van der Waals surface area contributed by atoms with E-state index in [1.165, 1.54) is 6.26 Å². The second-order valence-electron chi connectivity index (χ2n) is 6.13. The fraction of sp³-hybridized carbons (Fsp3) is 0.211. The summed E-state index contributed by atoms with van der Waals surface area (Å²) in [5, 5.41) is 3.85. The van der Waals surface area contributed by atoms with Crippen LogP contribution in [0.5, 0.6) is 0 Å². The zero-order chi connectivity index (χ0) is 18.6. The van der Waals surface area contributed by atoms with Gasteiger partial charge in [-0.1, -0.05) is 11.6 Å². The molecule has 0 spiro atoms. The summed E-state index contributed by atoms with van der Waals surface area (Å²) in [5.74, 6) is 1.64. The number of benzene rings is 1. The Morgan fingerprint density at radius 1 is 1.07 bits per heavy atom. The van der Waals surface area contributed by atoms with Gasteiger partial charge in [0, 0.05) is 43.1 Å². The lowest BCUT2D eigenvalue weighted by Gasteiger charge is -2.35. The van der Waals surface area contributed by atoms with Gasteiger partial charge >= 0.3 is 0 Å². The van der Waals surface area contributed by atoms with Crippen LogP contribution in [0, 0.1) is 0 Å². The van der Waals surface area contributed by atoms with Crippen molar-refractivity contribution >= 4 is 35.0 Å². The van der Waals surface area contributed by atoms with Gasteiger partial charge in [0.25, 0.3) is 5.91 Å². The van der Waals surface area contributed by atoms with Crippen LogP contribution in [0.3, 0.4) is 0 Å². The number of halogens is 1. The van der Waals surface area contributed by atoms with E-state index in [1.807, 2.05) is 30.3 Å². The van der Waals surface area contributed by atoms with Gasteiger partial charge in [0.05, 0.1) is 6.26 Å². The van der Waals surface area contributed by atoms with Gasteiger partial charge in [0.2, 0.25) is 5.95 Å². The van der Waals surface area contributed by atoms with Crippen LogP contribution < -0.4 is 10.2 Å². The van der Waals surface area contributed by atoms with E-state index < -0.39 is 0 Å². The van der Waals surface area contributed by atoms with Crippen molar-refractivity contribution < 1.29 is 9.21 Å². The van der Waals surface area contributed by atoms with Gasteiger partial charge < -0.3 is 19.5 Å². The molecule has 3 aromatic rings. The number of amides is 1. The van der Waals surface area contributed by atoms with Crippen LogP contribution in [0.1, 0.15) is 10.6 Å². The van der Waals surface area contributed by atoms with Crippen molar-refractivity contribution in [3.05, 3.63) is 65.7 Å². The Morgan fingerprint density at radius 2 is 1.85 bits per heavy atom. The molecule has 0 bridgehead atoms. The molecule has 0 atom stereocenters. The zero-order valence-electron chi connectivity index (χ0n) is 14.5. The molecule has 1 fully saturated rings. The average molecular weight is 384 g/mol. The fourth-order valence-electron chi connectivity index (χ4n) is 2.94. The van der Waals surface area contributed by atoms with Crippen LogP contribution in [0.15, 0.2) is 59.3 Å². The Morgan fingerprint density at radius 3 is 2.56 bits per heavy atom. The number of hydrogen-bond donors (Lipinski definition) is 1. The van der Waals surface area contributed by atoms with Crippen LogP contribution in [-0.4, -0.2) is 47.0 Å². The number of anilines is 3. The first-order valence-corrected chi connectivity index (χ1v) is 9.00. The fourth-order valence-corrected chi connectivity index (χ4v) is 3.07. The molecule has 1 amide bonds. The van der Waals surface area contributed by atoms with Gasteiger partial charge in [-0.05, 0) is 42.5 Å². The molecule has 0 unspecified atom stereocenters. The molecule has 1 saturated heterocycles. The molecule has 2 aromatic heterocycles. The third-order valence-electron chi connectivity index (χ3n) is 4.36. The van der Waals surface area contributed by atoms with Crippen molar-refractivity contribution in [3.8, 4) is 0 Å². The first kappa shape index (κ1) is 17.4. The number of nitrogens with one attached hydrogen (secondary N) is 1. The number of piperazine rings is 1. The summed E-state index contributed by atoms with van der Waals surface area (Å²) in [6, 6.07) is 12.6. The quantitative estimate of drug-likeness (QED) is 0.744. The number of carbonyl (C=O) groups excluding carboxylic acids is 1.